The van der Waals surface area contributed by atoms with Crippen molar-refractivity contribution < 1.29 is 24.3 Å². The smallest absolute Gasteiger partial charge is 0.328 e. The first kappa shape index (κ1) is 15.5. The summed E-state index contributed by atoms with van der Waals surface area (Å²) >= 11 is 1.50. The van der Waals surface area contributed by atoms with E-state index in [1.165, 1.54) is 18.9 Å². The summed E-state index contributed by atoms with van der Waals surface area (Å²) < 4.78 is 4.50. The second-order valence-electron chi connectivity index (χ2n) is 2.92. The highest BCUT2D eigenvalue weighted by Gasteiger charge is 2.21. The van der Waals surface area contributed by atoms with Crippen LogP contribution in [0.15, 0.2) is 0 Å². The van der Waals surface area contributed by atoms with E-state index in [0.29, 0.717) is 12.2 Å². The van der Waals surface area contributed by atoms with Crippen molar-refractivity contribution in [3.05, 3.63) is 10.1 Å². The monoisotopic (exact) mass is 266 g/mol. The lowest BCUT2D eigenvalue weighted by Gasteiger charge is -2.15. The van der Waals surface area contributed by atoms with E-state index in [2.05, 4.69) is 14.9 Å². The molecule has 1 atom stereocenters. The van der Waals surface area contributed by atoms with E-state index in [1.807, 2.05) is 6.26 Å². The summed E-state index contributed by atoms with van der Waals surface area (Å²) in [5, 5.41) is 11.1. The van der Waals surface area contributed by atoms with Crippen molar-refractivity contribution in [2.24, 2.45) is 0 Å². The quantitative estimate of drug-likeness (QED) is 0.362. The summed E-state index contributed by atoms with van der Waals surface area (Å²) in [6.07, 6.45) is 2.24. The normalized spacial score (nSPS) is 11.4. The Morgan fingerprint density at radius 1 is 1.53 bits per heavy atom. The van der Waals surface area contributed by atoms with Crippen molar-refractivity contribution in [3.8, 4) is 0 Å². The predicted molar refractivity (Wildman–Crippen MR) is 59.9 cm³/mol. The molecule has 0 rings (SSSR count). The number of methoxy groups -OCH3 is 1. The van der Waals surface area contributed by atoms with Crippen LogP contribution in [0.3, 0.4) is 0 Å². The Balaban J connectivity index is 4.17. The molecule has 0 aliphatic rings. The fourth-order valence-electron chi connectivity index (χ4n) is 0.974. The van der Waals surface area contributed by atoms with Crippen molar-refractivity contribution in [1.29, 1.82) is 0 Å². The van der Waals surface area contributed by atoms with Gasteiger partial charge in [-0.1, -0.05) is 0 Å². The van der Waals surface area contributed by atoms with Gasteiger partial charge in [0.15, 0.2) is 6.61 Å². The number of carbonyl (C=O) groups is 2. The third kappa shape index (κ3) is 7.39. The molecule has 0 fully saturated rings. The highest BCUT2D eigenvalue weighted by molar-refractivity contribution is 7.98. The number of nitrogens with one attached hydrogen (secondary N) is 1. The minimum Gasteiger partial charge on any atom is -0.467 e. The maximum Gasteiger partial charge on any atom is 0.328 e. The third-order valence-corrected chi connectivity index (χ3v) is 2.38. The molecule has 98 valence electrons. The Bertz CT molecular complexity index is 285. The van der Waals surface area contributed by atoms with Crippen molar-refractivity contribution >= 4 is 23.6 Å². The molecule has 0 aliphatic heterocycles. The lowest BCUT2D eigenvalue weighted by Crippen LogP contribution is -2.43. The number of hydrogen-bond donors (Lipinski definition) is 1. The maximum absolute atomic E-state index is 11.3. The molecule has 9 heteroatoms. The van der Waals surface area contributed by atoms with Crippen LogP contribution in [0.5, 0.6) is 0 Å². The van der Waals surface area contributed by atoms with Gasteiger partial charge < -0.3 is 14.9 Å². The molecule has 0 aliphatic carbocycles. The standard InChI is InChI=1S/C8H14N2O6S/c1-15-8(12)6(3-4-17-2)9-7(11)5-16-10(13)14/h6H,3-5H2,1-2H3,(H,9,11). The number of nitrogens with zero attached hydrogens (tertiary/aromatic N) is 1. The largest absolute Gasteiger partial charge is 0.467 e. The number of ether oxygens (including phenoxy) is 1. The minimum absolute atomic E-state index is 0.387. The second kappa shape index (κ2) is 8.62. The molecular formula is C8H14N2O6S. The average Bonchev–Trinajstić information content (AvgIpc) is 2.30. The highest BCUT2D eigenvalue weighted by atomic mass is 32.2. The summed E-state index contributed by atoms with van der Waals surface area (Å²) in [7, 11) is 1.20. The molecule has 0 bridgehead atoms. The summed E-state index contributed by atoms with van der Waals surface area (Å²) in [5.41, 5.74) is 0. The molecule has 0 radical (unpaired) electrons. The van der Waals surface area contributed by atoms with Gasteiger partial charge in [0.05, 0.1) is 7.11 Å². The summed E-state index contributed by atoms with van der Waals surface area (Å²) in [5.74, 6) is -0.678. The van der Waals surface area contributed by atoms with Crippen LogP contribution in [0, 0.1) is 10.1 Å². The van der Waals surface area contributed by atoms with E-state index in [1.54, 1.807) is 0 Å². The van der Waals surface area contributed by atoms with Crippen LogP contribution in [-0.4, -0.2) is 48.7 Å². The molecule has 1 unspecified atom stereocenters. The SMILES string of the molecule is COC(=O)C(CCSC)NC(=O)CO[N+](=O)[O-]. The highest BCUT2D eigenvalue weighted by Crippen LogP contribution is 2.02. The topological polar surface area (TPSA) is 108 Å². The fourth-order valence-corrected chi connectivity index (χ4v) is 1.45. The number of rotatable bonds is 8. The van der Waals surface area contributed by atoms with Gasteiger partial charge in [0.1, 0.15) is 6.04 Å². The predicted octanol–water partition coefficient (Wildman–Crippen LogP) is -0.394. The second-order valence-corrected chi connectivity index (χ2v) is 3.91. The fraction of sp³-hybridized carbons (Fsp3) is 0.750. The van der Waals surface area contributed by atoms with Crippen LogP contribution in [-0.2, 0) is 19.2 Å². The van der Waals surface area contributed by atoms with Gasteiger partial charge in [-0.2, -0.15) is 11.8 Å². The number of amides is 1. The van der Waals surface area contributed by atoms with Crippen LogP contribution < -0.4 is 5.32 Å². The zero-order chi connectivity index (χ0) is 13.3. The third-order valence-electron chi connectivity index (χ3n) is 1.73. The van der Waals surface area contributed by atoms with Crippen LogP contribution in [0.25, 0.3) is 0 Å². The first-order valence-corrected chi connectivity index (χ1v) is 6.04. The summed E-state index contributed by atoms with van der Waals surface area (Å²) in [6, 6.07) is -0.810. The van der Waals surface area contributed by atoms with E-state index in [0.717, 1.165) is 0 Å². The maximum atomic E-state index is 11.3. The molecule has 8 nitrogen and oxygen atoms in total. The number of thioether (sulfide) groups is 1. The van der Waals surface area contributed by atoms with Crippen molar-refractivity contribution in [1.82, 2.24) is 5.32 Å². The Hall–Kier alpha value is -1.51. The van der Waals surface area contributed by atoms with Gasteiger partial charge in [0, 0.05) is 0 Å². The molecule has 0 aromatic rings. The molecule has 0 saturated heterocycles. The molecule has 0 aromatic heterocycles. The summed E-state index contributed by atoms with van der Waals surface area (Å²) in [4.78, 5) is 36.2. The first-order chi connectivity index (χ1) is 8.01. The molecule has 0 spiro atoms. The zero-order valence-corrected chi connectivity index (χ0v) is 10.3. The Labute approximate surface area is 102 Å². The first-order valence-electron chi connectivity index (χ1n) is 4.64. The zero-order valence-electron chi connectivity index (χ0n) is 9.50. The average molecular weight is 266 g/mol. The molecule has 1 N–H and O–H groups in total. The summed E-state index contributed by atoms with van der Waals surface area (Å²) in [6.45, 7) is -0.736. The number of hydrogen-bond acceptors (Lipinski definition) is 7. The van der Waals surface area contributed by atoms with Crippen LogP contribution >= 0.6 is 11.8 Å². The van der Waals surface area contributed by atoms with Crippen molar-refractivity contribution in [3.63, 3.8) is 0 Å². The molecule has 17 heavy (non-hydrogen) atoms. The Morgan fingerprint density at radius 3 is 2.65 bits per heavy atom. The van der Waals surface area contributed by atoms with Gasteiger partial charge in [-0.25, -0.2) is 4.79 Å². The van der Waals surface area contributed by atoms with Crippen molar-refractivity contribution in [2.75, 3.05) is 25.7 Å². The molecule has 1 amide bonds. The van der Waals surface area contributed by atoms with E-state index in [9.17, 15) is 19.7 Å². The van der Waals surface area contributed by atoms with Crippen molar-refractivity contribution in [2.45, 2.75) is 12.5 Å². The lowest BCUT2D eigenvalue weighted by molar-refractivity contribution is -0.754. The molecular weight excluding hydrogens is 252 g/mol. The van der Waals surface area contributed by atoms with Crippen LogP contribution in [0.2, 0.25) is 0 Å². The lowest BCUT2D eigenvalue weighted by atomic mass is 10.2. The minimum atomic E-state index is -1.07. The van der Waals surface area contributed by atoms with E-state index in [4.69, 9.17) is 0 Å². The Kier molecular flexibility index (Phi) is 7.85. The van der Waals surface area contributed by atoms with Gasteiger partial charge in [0.2, 0.25) is 5.91 Å². The molecule has 0 heterocycles. The van der Waals surface area contributed by atoms with Gasteiger partial charge in [-0.3, -0.25) is 4.79 Å². The van der Waals surface area contributed by atoms with Crippen LogP contribution in [0.4, 0.5) is 0 Å². The van der Waals surface area contributed by atoms with E-state index in [-0.39, 0.29) is 0 Å². The van der Waals surface area contributed by atoms with E-state index >= 15 is 0 Å². The molecule has 0 saturated carbocycles. The number of esters is 1. The van der Waals surface area contributed by atoms with Gasteiger partial charge in [0.25, 0.3) is 5.09 Å². The van der Waals surface area contributed by atoms with Gasteiger partial charge in [-0.15, -0.1) is 10.1 Å². The molecule has 0 aromatic carbocycles. The van der Waals surface area contributed by atoms with Crippen LogP contribution in [0.1, 0.15) is 6.42 Å². The van der Waals surface area contributed by atoms with E-state index < -0.39 is 29.6 Å². The van der Waals surface area contributed by atoms with Gasteiger partial charge in [-0.05, 0) is 18.4 Å². The van der Waals surface area contributed by atoms with Gasteiger partial charge >= 0.3 is 5.97 Å². The Morgan fingerprint density at radius 2 is 2.18 bits per heavy atom. The number of carbonyl (C=O) groups excluding carboxylic acids is 2.